The maximum atomic E-state index is 5.71. The smallest absolute Gasteiger partial charge is 0.121 e. The van der Waals surface area contributed by atoms with Crippen molar-refractivity contribution in [3.8, 4) is 5.75 Å². The number of anilines is 1. The second kappa shape index (κ2) is 7.36. The summed E-state index contributed by atoms with van der Waals surface area (Å²) in [5.74, 6) is 0.855. The largest absolute Gasteiger partial charge is 0.493 e. The molecule has 0 amide bonds. The quantitative estimate of drug-likeness (QED) is 0.632. The van der Waals surface area contributed by atoms with Crippen molar-refractivity contribution in [3.63, 3.8) is 0 Å². The number of nitrogens with zero attached hydrogens (tertiary/aromatic N) is 1. The first-order valence-corrected chi connectivity index (χ1v) is 7.02. The zero-order chi connectivity index (χ0) is 13.5. The predicted octanol–water partition coefficient (Wildman–Crippen LogP) is 2.15. The van der Waals surface area contributed by atoms with Crippen molar-refractivity contribution in [2.75, 3.05) is 39.1 Å². The van der Waals surface area contributed by atoms with Crippen LogP contribution >= 0.6 is 0 Å². The van der Waals surface area contributed by atoms with E-state index < -0.39 is 0 Å². The van der Waals surface area contributed by atoms with E-state index in [1.807, 2.05) is 24.3 Å². The molecule has 1 heterocycles. The standard InChI is InChI=1S/C15H24N2O2/c1-17(14-6-10-18-11-7-14)8-3-9-19-15-5-2-4-13(16)12-15/h2,4-5,12,14H,3,6-11,16H2,1H3. The average Bonchev–Trinajstić information content (AvgIpc) is 2.44. The van der Waals surface area contributed by atoms with Gasteiger partial charge in [0.2, 0.25) is 0 Å². The van der Waals surface area contributed by atoms with Gasteiger partial charge in [0.1, 0.15) is 5.75 Å². The van der Waals surface area contributed by atoms with Crippen LogP contribution in [0.3, 0.4) is 0 Å². The zero-order valence-corrected chi connectivity index (χ0v) is 11.7. The molecule has 2 rings (SSSR count). The van der Waals surface area contributed by atoms with Gasteiger partial charge in [0.15, 0.2) is 0 Å². The van der Waals surface area contributed by atoms with Gasteiger partial charge in [0.05, 0.1) is 6.61 Å². The zero-order valence-electron chi connectivity index (χ0n) is 11.7. The molecule has 19 heavy (non-hydrogen) atoms. The van der Waals surface area contributed by atoms with Crippen molar-refractivity contribution in [2.24, 2.45) is 0 Å². The molecule has 1 fully saturated rings. The third-order valence-corrected chi connectivity index (χ3v) is 3.60. The van der Waals surface area contributed by atoms with Crippen LogP contribution in [0.25, 0.3) is 0 Å². The fourth-order valence-corrected chi connectivity index (χ4v) is 2.42. The summed E-state index contributed by atoms with van der Waals surface area (Å²) in [7, 11) is 2.19. The lowest BCUT2D eigenvalue weighted by Crippen LogP contribution is -2.37. The molecule has 0 saturated carbocycles. The second-order valence-corrected chi connectivity index (χ2v) is 5.10. The van der Waals surface area contributed by atoms with Crippen LogP contribution in [0.2, 0.25) is 0 Å². The molecule has 0 radical (unpaired) electrons. The monoisotopic (exact) mass is 264 g/mol. The van der Waals surface area contributed by atoms with E-state index >= 15 is 0 Å². The van der Waals surface area contributed by atoms with E-state index in [0.29, 0.717) is 6.04 Å². The fourth-order valence-electron chi connectivity index (χ4n) is 2.42. The van der Waals surface area contributed by atoms with E-state index in [2.05, 4.69) is 11.9 Å². The Kier molecular flexibility index (Phi) is 5.48. The fraction of sp³-hybridized carbons (Fsp3) is 0.600. The van der Waals surface area contributed by atoms with Crippen LogP contribution in [0, 0.1) is 0 Å². The van der Waals surface area contributed by atoms with Crippen LogP contribution in [0.4, 0.5) is 5.69 Å². The number of hydrogen-bond acceptors (Lipinski definition) is 4. The first kappa shape index (κ1) is 14.2. The van der Waals surface area contributed by atoms with Gasteiger partial charge in [-0.3, -0.25) is 0 Å². The molecular weight excluding hydrogens is 240 g/mol. The van der Waals surface area contributed by atoms with Gasteiger partial charge in [-0.25, -0.2) is 0 Å². The molecule has 4 heteroatoms. The van der Waals surface area contributed by atoms with Crippen molar-refractivity contribution >= 4 is 5.69 Å². The number of nitrogen functional groups attached to an aromatic ring is 1. The van der Waals surface area contributed by atoms with E-state index in [1.54, 1.807) is 0 Å². The lowest BCUT2D eigenvalue weighted by atomic mass is 10.1. The molecule has 0 aromatic heterocycles. The van der Waals surface area contributed by atoms with Crippen molar-refractivity contribution in [2.45, 2.75) is 25.3 Å². The van der Waals surface area contributed by atoms with E-state index in [4.69, 9.17) is 15.2 Å². The van der Waals surface area contributed by atoms with E-state index in [0.717, 1.165) is 57.1 Å². The minimum atomic E-state index is 0.668. The summed E-state index contributed by atoms with van der Waals surface area (Å²) >= 11 is 0. The molecule has 0 atom stereocenters. The van der Waals surface area contributed by atoms with Crippen LogP contribution in [-0.2, 0) is 4.74 Å². The molecule has 1 aromatic rings. The molecule has 0 unspecified atom stereocenters. The van der Waals surface area contributed by atoms with Gasteiger partial charge < -0.3 is 20.1 Å². The van der Waals surface area contributed by atoms with Crippen molar-refractivity contribution in [1.82, 2.24) is 4.90 Å². The highest BCUT2D eigenvalue weighted by atomic mass is 16.5. The molecule has 2 N–H and O–H groups in total. The van der Waals surface area contributed by atoms with Crippen LogP contribution in [0.15, 0.2) is 24.3 Å². The Morgan fingerprint density at radius 1 is 1.37 bits per heavy atom. The maximum Gasteiger partial charge on any atom is 0.121 e. The van der Waals surface area contributed by atoms with Crippen molar-refractivity contribution < 1.29 is 9.47 Å². The first-order valence-electron chi connectivity index (χ1n) is 7.02. The van der Waals surface area contributed by atoms with Gasteiger partial charge in [-0.05, 0) is 38.4 Å². The van der Waals surface area contributed by atoms with Crippen molar-refractivity contribution in [3.05, 3.63) is 24.3 Å². The maximum absolute atomic E-state index is 5.71. The van der Waals surface area contributed by atoms with Gasteiger partial charge in [-0.1, -0.05) is 6.07 Å². The predicted molar refractivity (Wildman–Crippen MR) is 77.4 cm³/mol. The third kappa shape index (κ3) is 4.73. The number of ether oxygens (including phenoxy) is 2. The van der Waals surface area contributed by atoms with Gasteiger partial charge in [-0.15, -0.1) is 0 Å². The molecule has 1 aliphatic heterocycles. The Morgan fingerprint density at radius 2 is 2.16 bits per heavy atom. The van der Waals surface area contributed by atoms with Gasteiger partial charge in [0, 0.05) is 37.6 Å². The van der Waals surface area contributed by atoms with E-state index in [1.165, 1.54) is 0 Å². The summed E-state index contributed by atoms with van der Waals surface area (Å²) in [6.07, 6.45) is 3.32. The minimum absolute atomic E-state index is 0.668. The van der Waals surface area contributed by atoms with Gasteiger partial charge in [0.25, 0.3) is 0 Å². The third-order valence-electron chi connectivity index (χ3n) is 3.60. The van der Waals surface area contributed by atoms with Crippen LogP contribution < -0.4 is 10.5 Å². The lowest BCUT2D eigenvalue weighted by molar-refractivity contribution is 0.0417. The Labute approximate surface area is 115 Å². The summed E-state index contributed by atoms with van der Waals surface area (Å²) in [5.41, 5.74) is 6.46. The highest BCUT2D eigenvalue weighted by Gasteiger charge is 2.17. The Balaban J connectivity index is 1.63. The second-order valence-electron chi connectivity index (χ2n) is 5.10. The van der Waals surface area contributed by atoms with Gasteiger partial charge >= 0.3 is 0 Å². The number of hydrogen-bond donors (Lipinski definition) is 1. The number of benzene rings is 1. The highest BCUT2D eigenvalue weighted by molar-refractivity contribution is 5.43. The van der Waals surface area contributed by atoms with Gasteiger partial charge in [-0.2, -0.15) is 0 Å². The molecule has 0 bridgehead atoms. The lowest BCUT2D eigenvalue weighted by Gasteiger charge is -2.31. The normalized spacial score (nSPS) is 16.7. The molecule has 1 aromatic carbocycles. The Bertz CT molecular complexity index is 378. The van der Waals surface area contributed by atoms with Crippen LogP contribution in [0.1, 0.15) is 19.3 Å². The molecular formula is C15H24N2O2. The number of rotatable bonds is 6. The molecule has 1 saturated heterocycles. The summed E-state index contributed by atoms with van der Waals surface area (Å²) in [6.45, 7) is 3.59. The minimum Gasteiger partial charge on any atom is -0.493 e. The Morgan fingerprint density at radius 3 is 2.89 bits per heavy atom. The summed E-state index contributed by atoms with van der Waals surface area (Å²) in [5, 5.41) is 0. The summed E-state index contributed by atoms with van der Waals surface area (Å²) < 4.78 is 11.1. The molecule has 4 nitrogen and oxygen atoms in total. The topological polar surface area (TPSA) is 47.7 Å². The first-order chi connectivity index (χ1) is 9.25. The Hall–Kier alpha value is -1.26. The number of nitrogens with two attached hydrogens (primary N) is 1. The highest BCUT2D eigenvalue weighted by Crippen LogP contribution is 2.15. The molecule has 0 spiro atoms. The summed E-state index contributed by atoms with van der Waals surface area (Å²) in [4.78, 5) is 2.42. The molecule has 1 aliphatic rings. The van der Waals surface area contributed by atoms with Crippen molar-refractivity contribution in [1.29, 1.82) is 0 Å². The van der Waals surface area contributed by atoms with Crippen LogP contribution in [0.5, 0.6) is 5.75 Å². The molecule has 106 valence electrons. The van der Waals surface area contributed by atoms with E-state index in [9.17, 15) is 0 Å². The molecule has 0 aliphatic carbocycles. The summed E-state index contributed by atoms with van der Waals surface area (Å²) in [6, 6.07) is 8.26. The SMILES string of the molecule is CN(CCCOc1cccc(N)c1)C1CCOCC1. The van der Waals surface area contributed by atoms with E-state index in [-0.39, 0.29) is 0 Å². The average molecular weight is 264 g/mol. The van der Waals surface area contributed by atoms with Crippen LogP contribution in [-0.4, -0.2) is 44.4 Å².